The summed E-state index contributed by atoms with van der Waals surface area (Å²) in [5.41, 5.74) is 3.17. The topological polar surface area (TPSA) is 70.1 Å². The van der Waals surface area contributed by atoms with Crippen LogP contribution in [-0.4, -0.2) is 71.0 Å². The summed E-state index contributed by atoms with van der Waals surface area (Å²) in [7, 11) is 0. The fraction of sp³-hybridized carbons (Fsp3) is 0.787. The summed E-state index contributed by atoms with van der Waals surface area (Å²) in [5.74, 6) is 2.06. The van der Waals surface area contributed by atoms with Crippen molar-refractivity contribution in [2.75, 3.05) is 26.2 Å². The average Bonchev–Trinajstić information content (AvgIpc) is 3.85. The molecule has 0 aromatic heterocycles. The van der Waals surface area contributed by atoms with Crippen molar-refractivity contribution in [1.82, 2.24) is 9.80 Å². The van der Waals surface area contributed by atoms with Gasteiger partial charge in [-0.05, 0) is 146 Å². The molecule has 1 aromatic carbocycles. The lowest BCUT2D eigenvalue weighted by Crippen LogP contribution is -2.66. The number of carbonyl (C=O) groups is 2. The zero-order valence-corrected chi connectivity index (χ0v) is 34.2. The monoisotopic (exact) mass is 727 g/mol. The summed E-state index contributed by atoms with van der Waals surface area (Å²) >= 11 is 0. The van der Waals surface area contributed by atoms with Gasteiger partial charge >= 0.3 is 0 Å². The number of ketones is 1. The van der Waals surface area contributed by atoms with Gasteiger partial charge in [-0.1, -0.05) is 78.8 Å². The van der Waals surface area contributed by atoms with E-state index in [0.29, 0.717) is 30.9 Å². The van der Waals surface area contributed by atoms with Crippen LogP contribution in [0.3, 0.4) is 0 Å². The minimum absolute atomic E-state index is 0.0426. The molecule has 292 valence electrons. The van der Waals surface area contributed by atoms with Crippen molar-refractivity contribution in [3.63, 3.8) is 0 Å². The number of aliphatic hydroxyl groups is 1. The van der Waals surface area contributed by atoms with Crippen LogP contribution in [0.25, 0.3) is 0 Å². The van der Waals surface area contributed by atoms with Gasteiger partial charge in [0.2, 0.25) is 5.91 Å². The third-order valence-electron chi connectivity index (χ3n) is 17.8. The number of carbonyl (C=O) groups excluding carboxylic acids is 2. The second-order valence-corrected chi connectivity index (χ2v) is 20.7. The number of hydrogen-bond donors (Lipinski definition) is 1. The van der Waals surface area contributed by atoms with Gasteiger partial charge in [0.05, 0.1) is 24.7 Å². The summed E-state index contributed by atoms with van der Waals surface area (Å²) in [6, 6.07) is 11.0. The van der Waals surface area contributed by atoms with Crippen molar-refractivity contribution in [2.45, 2.75) is 157 Å². The van der Waals surface area contributed by atoms with E-state index in [1.807, 2.05) is 6.07 Å². The van der Waals surface area contributed by atoms with E-state index < -0.39 is 5.41 Å². The first-order valence-corrected chi connectivity index (χ1v) is 21.8. The molecular formula is C47H70N2O4. The minimum Gasteiger partial charge on any atom is -0.393 e. The Bertz CT molecular complexity index is 1600. The minimum atomic E-state index is -0.673. The van der Waals surface area contributed by atoms with Gasteiger partial charge in [-0.2, -0.15) is 0 Å². The number of benzene rings is 1. The number of aliphatic hydroxyl groups excluding tert-OH is 1. The fourth-order valence-corrected chi connectivity index (χ4v) is 14.9. The Morgan fingerprint density at radius 2 is 1.58 bits per heavy atom. The van der Waals surface area contributed by atoms with Crippen molar-refractivity contribution in [1.29, 1.82) is 0 Å². The molecule has 10 atom stereocenters. The van der Waals surface area contributed by atoms with Crippen LogP contribution < -0.4 is 0 Å². The molecule has 1 aromatic rings. The van der Waals surface area contributed by atoms with Gasteiger partial charge in [0, 0.05) is 31.6 Å². The average molecular weight is 727 g/mol. The molecule has 2 unspecified atom stereocenters. The molecule has 4 saturated carbocycles. The fourth-order valence-electron chi connectivity index (χ4n) is 14.9. The maximum Gasteiger partial charge on any atom is 0.233 e. The van der Waals surface area contributed by atoms with Crippen LogP contribution in [0.4, 0.5) is 0 Å². The molecule has 53 heavy (non-hydrogen) atoms. The predicted molar refractivity (Wildman–Crippen MR) is 211 cm³/mol. The molecular weight excluding hydrogens is 657 g/mol. The van der Waals surface area contributed by atoms with Gasteiger partial charge in [0.1, 0.15) is 0 Å². The molecule has 5 aliphatic carbocycles. The zero-order valence-electron chi connectivity index (χ0n) is 34.2. The standard InChI is InChI=1S/C47H70N2O4/c1-31(2)40-36(50)27-47(42(52)49-26-12-15-33(49)28-48-25-11-16-34(48)30-53-29-32-13-9-8-10-14-32)24-23-45(6)35(41(40)47)17-18-38-44(5)21-20-39(51)43(3,4)37(44)19-22-46(38,45)7/h8-10,13-14,31,33-35,37-39,51H,11-12,15-30H2,1-7H3/t33-,34-,35+,37?,38?,39-,44-,45+,46+,47+/m0/s1. The summed E-state index contributed by atoms with van der Waals surface area (Å²) in [6.45, 7) is 21.0. The molecule has 1 N–H and O–H groups in total. The van der Waals surface area contributed by atoms with E-state index in [2.05, 4.69) is 82.5 Å². The van der Waals surface area contributed by atoms with Crippen LogP contribution in [0, 0.1) is 50.7 Å². The van der Waals surface area contributed by atoms with Crippen molar-refractivity contribution in [3.8, 4) is 0 Å². The quantitative estimate of drug-likeness (QED) is 0.290. The maximum atomic E-state index is 15.5. The van der Waals surface area contributed by atoms with Crippen molar-refractivity contribution >= 4 is 11.7 Å². The third kappa shape index (κ3) is 5.71. The van der Waals surface area contributed by atoms with Crippen molar-refractivity contribution < 1.29 is 19.4 Å². The van der Waals surface area contributed by atoms with Crippen LogP contribution in [0.5, 0.6) is 0 Å². The Morgan fingerprint density at radius 3 is 2.34 bits per heavy atom. The smallest absolute Gasteiger partial charge is 0.233 e. The van der Waals surface area contributed by atoms with Crippen molar-refractivity contribution in [3.05, 3.63) is 47.0 Å². The molecule has 1 amide bonds. The summed E-state index contributed by atoms with van der Waals surface area (Å²) in [4.78, 5) is 34.7. The summed E-state index contributed by atoms with van der Waals surface area (Å²) < 4.78 is 6.25. The van der Waals surface area contributed by atoms with Gasteiger partial charge in [-0.3, -0.25) is 14.5 Å². The van der Waals surface area contributed by atoms with E-state index in [1.54, 1.807) is 0 Å². The Hall–Kier alpha value is -2.02. The SMILES string of the molecule is CC(C)C1=C2[C@H]3CCC4[C@@]5(C)CC[C@H](O)C(C)(C)C5CC[C@@]4(C)[C@]3(C)CC[C@@]2(C(=O)N2CCC[C@H]2CN2CCC[C@H]2COCc2ccccc2)CC1=O. The third-order valence-corrected chi connectivity index (χ3v) is 17.8. The van der Waals surface area contributed by atoms with E-state index in [0.717, 1.165) is 89.6 Å². The van der Waals surface area contributed by atoms with Gasteiger partial charge in [0.25, 0.3) is 0 Å². The van der Waals surface area contributed by atoms with Crippen LogP contribution in [0.1, 0.15) is 138 Å². The highest BCUT2D eigenvalue weighted by Gasteiger charge is 2.71. The summed E-state index contributed by atoms with van der Waals surface area (Å²) in [6.07, 6.45) is 13.0. The number of hydrogen-bond acceptors (Lipinski definition) is 5. The molecule has 8 rings (SSSR count). The molecule has 2 aliphatic heterocycles. The number of likely N-dealkylation sites (tertiary alicyclic amines) is 2. The number of amides is 1. The van der Waals surface area contributed by atoms with E-state index >= 15 is 4.79 Å². The zero-order chi connectivity index (χ0) is 37.6. The molecule has 7 aliphatic rings. The number of fused-ring (bicyclic) bond motifs is 7. The normalized spacial score (nSPS) is 42.4. The molecule has 0 spiro atoms. The highest BCUT2D eigenvalue weighted by atomic mass is 16.5. The van der Waals surface area contributed by atoms with E-state index in [-0.39, 0.29) is 57.3 Å². The van der Waals surface area contributed by atoms with Crippen LogP contribution in [0.15, 0.2) is 41.5 Å². The van der Waals surface area contributed by atoms with E-state index in [4.69, 9.17) is 4.74 Å². The van der Waals surface area contributed by atoms with E-state index in [9.17, 15) is 9.90 Å². The van der Waals surface area contributed by atoms with Crippen LogP contribution in [0.2, 0.25) is 0 Å². The number of nitrogens with zero attached hydrogens (tertiary/aromatic N) is 2. The van der Waals surface area contributed by atoms with Gasteiger partial charge in [-0.15, -0.1) is 0 Å². The first-order valence-electron chi connectivity index (χ1n) is 21.8. The first kappa shape index (κ1) is 37.9. The largest absolute Gasteiger partial charge is 0.393 e. The first-order chi connectivity index (χ1) is 25.2. The molecule has 6 fully saturated rings. The molecule has 2 heterocycles. The van der Waals surface area contributed by atoms with Crippen molar-refractivity contribution in [2.24, 2.45) is 50.7 Å². The molecule has 0 radical (unpaired) electrons. The van der Waals surface area contributed by atoms with Crippen LogP contribution in [-0.2, 0) is 20.9 Å². The highest BCUT2D eigenvalue weighted by molar-refractivity contribution is 6.07. The Morgan fingerprint density at radius 1 is 0.849 bits per heavy atom. The second-order valence-electron chi connectivity index (χ2n) is 20.7. The lowest BCUT2D eigenvalue weighted by atomic mass is 9.33. The number of rotatable bonds is 8. The Labute approximate surface area is 320 Å². The van der Waals surface area contributed by atoms with E-state index in [1.165, 1.54) is 30.4 Å². The molecule has 2 saturated heterocycles. The number of Topliss-reactive ketones (excluding diaryl/α,β-unsaturated/α-hetero) is 1. The van der Waals surface area contributed by atoms with Crippen LogP contribution >= 0.6 is 0 Å². The number of ether oxygens (including phenoxy) is 1. The number of allylic oxidation sites excluding steroid dienone is 1. The summed E-state index contributed by atoms with van der Waals surface area (Å²) in [5, 5.41) is 11.2. The Kier molecular flexibility index (Phi) is 9.70. The van der Waals surface area contributed by atoms with Gasteiger partial charge in [0.15, 0.2) is 5.78 Å². The predicted octanol–water partition coefficient (Wildman–Crippen LogP) is 9.00. The van der Waals surface area contributed by atoms with Gasteiger partial charge in [-0.25, -0.2) is 0 Å². The highest BCUT2D eigenvalue weighted by Crippen LogP contribution is 2.76. The van der Waals surface area contributed by atoms with Gasteiger partial charge < -0.3 is 14.7 Å². The maximum absolute atomic E-state index is 15.5. The molecule has 6 nitrogen and oxygen atoms in total. The lowest BCUT2D eigenvalue weighted by Gasteiger charge is -2.72. The second kappa shape index (κ2) is 13.6. The molecule has 6 heteroatoms. The lowest BCUT2D eigenvalue weighted by molar-refractivity contribution is -0.228. The Balaban J connectivity index is 1.05. The molecule has 0 bridgehead atoms.